The minimum atomic E-state index is -0.480. The lowest BCUT2D eigenvalue weighted by molar-refractivity contribution is -0.127. The predicted octanol–water partition coefficient (Wildman–Crippen LogP) is 3.91. The number of thioether (sulfide) groups is 1. The maximum atomic E-state index is 12.5. The molecule has 2 heterocycles. The van der Waals surface area contributed by atoms with Gasteiger partial charge in [-0.2, -0.15) is 0 Å². The summed E-state index contributed by atoms with van der Waals surface area (Å²) in [5.41, 5.74) is 1.36. The first-order valence-electron chi connectivity index (χ1n) is 8.55. The van der Waals surface area contributed by atoms with Crippen LogP contribution < -0.4 is 5.32 Å². The van der Waals surface area contributed by atoms with Crippen LogP contribution in [0.5, 0.6) is 0 Å². The number of imide groups is 1. The summed E-state index contributed by atoms with van der Waals surface area (Å²) in [5.74, 6) is -0.909. The molecule has 1 N–H and O–H groups in total. The standard InChI is InChI=1S/C21H15N3O3S/c25-19(23-17-9-3-7-15-6-1-2-8-16(15)17)13-24-20(26)18(28-21(24)27)11-14-5-4-10-22-12-14/h1-12H,13H2,(H,23,25)/b18-11+. The molecule has 3 aromatic rings. The van der Waals surface area contributed by atoms with Crippen LogP contribution in [-0.2, 0) is 9.59 Å². The smallest absolute Gasteiger partial charge is 0.294 e. The van der Waals surface area contributed by atoms with Crippen LogP contribution >= 0.6 is 11.8 Å². The maximum absolute atomic E-state index is 12.5. The Labute approximate surface area is 165 Å². The van der Waals surface area contributed by atoms with E-state index in [9.17, 15) is 14.4 Å². The lowest BCUT2D eigenvalue weighted by atomic mass is 10.1. The number of carbonyl (C=O) groups excluding carboxylic acids is 3. The molecule has 138 valence electrons. The Bertz CT molecular complexity index is 1110. The van der Waals surface area contributed by atoms with Crippen molar-refractivity contribution in [1.29, 1.82) is 0 Å². The third-order valence-electron chi connectivity index (χ3n) is 4.22. The van der Waals surface area contributed by atoms with Crippen molar-refractivity contribution in [2.24, 2.45) is 0 Å². The minimum absolute atomic E-state index is 0.274. The van der Waals surface area contributed by atoms with Gasteiger partial charge in [-0.25, -0.2) is 0 Å². The van der Waals surface area contributed by atoms with E-state index in [1.807, 2.05) is 36.4 Å². The third kappa shape index (κ3) is 3.65. The summed E-state index contributed by atoms with van der Waals surface area (Å²) in [5, 5.41) is 4.21. The van der Waals surface area contributed by atoms with Gasteiger partial charge in [0.25, 0.3) is 11.1 Å². The van der Waals surface area contributed by atoms with Gasteiger partial charge in [0.15, 0.2) is 0 Å². The Kier molecular flexibility index (Phi) is 4.90. The number of carbonyl (C=O) groups is 3. The van der Waals surface area contributed by atoms with Gasteiger partial charge in [-0.3, -0.25) is 24.3 Å². The molecular formula is C21H15N3O3S. The number of anilines is 1. The van der Waals surface area contributed by atoms with Gasteiger partial charge in [0, 0.05) is 23.5 Å². The molecule has 1 fully saturated rings. The Hall–Kier alpha value is -3.45. The summed E-state index contributed by atoms with van der Waals surface area (Å²) in [6.07, 6.45) is 4.82. The molecule has 4 rings (SSSR count). The molecule has 1 aliphatic heterocycles. The monoisotopic (exact) mass is 389 g/mol. The molecule has 1 saturated heterocycles. The molecular weight excluding hydrogens is 374 g/mol. The number of hydrogen-bond acceptors (Lipinski definition) is 5. The minimum Gasteiger partial charge on any atom is -0.324 e. The second kappa shape index (κ2) is 7.66. The normalized spacial score (nSPS) is 15.4. The highest BCUT2D eigenvalue weighted by atomic mass is 32.2. The Morgan fingerprint density at radius 2 is 1.89 bits per heavy atom. The van der Waals surface area contributed by atoms with Crippen molar-refractivity contribution in [2.45, 2.75) is 0 Å². The number of rotatable bonds is 4. The summed E-state index contributed by atoms with van der Waals surface area (Å²) in [4.78, 5) is 42.4. The zero-order valence-corrected chi connectivity index (χ0v) is 15.5. The van der Waals surface area contributed by atoms with Crippen LogP contribution in [0.15, 0.2) is 71.9 Å². The largest absolute Gasteiger partial charge is 0.324 e. The molecule has 3 amide bonds. The van der Waals surface area contributed by atoms with E-state index in [-0.39, 0.29) is 11.4 Å². The zero-order valence-electron chi connectivity index (χ0n) is 14.7. The zero-order chi connectivity index (χ0) is 19.5. The van der Waals surface area contributed by atoms with Gasteiger partial charge in [-0.05, 0) is 40.9 Å². The molecule has 7 heteroatoms. The Morgan fingerprint density at radius 3 is 2.71 bits per heavy atom. The van der Waals surface area contributed by atoms with Crippen molar-refractivity contribution < 1.29 is 14.4 Å². The maximum Gasteiger partial charge on any atom is 0.294 e. The molecule has 1 aromatic heterocycles. The molecule has 1 aliphatic rings. The van der Waals surface area contributed by atoms with Crippen LogP contribution in [-0.4, -0.2) is 33.5 Å². The average Bonchev–Trinajstić information content (AvgIpc) is 2.96. The number of nitrogens with one attached hydrogen (secondary N) is 1. The number of nitrogens with zero attached hydrogens (tertiary/aromatic N) is 2. The number of benzene rings is 2. The van der Waals surface area contributed by atoms with Gasteiger partial charge < -0.3 is 5.32 Å². The SMILES string of the molecule is O=C(CN1C(=O)S/C(=C/c2cccnc2)C1=O)Nc1cccc2ccccc12. The van der Waals surface area contributed by atoms with Crippen molar-refractivity contribution in [3.05, 3.63) is 77.5 Å². The second-order valence-electron chi connectivity index (χ2n) is 6.13. The van der Waals surface area contributed by atoms with Crippen LogP contribution in [0.3, 0.4) is 0 Å². The molecule has 0 saturated carbocycles. The Morgan fingerprint density at radius 1 is 1.07 bits per heavy atom. The predicted molar refractivity (Wildman–Crippen MR) is 109 cm³/mol. The molecule has 6 nitrogen and oxygen atoms in total. The fourth-order valence-electron chi connectivity index (χ4n) is 2.92. The van der Waals surface area contributed by atoms with Crippen molar-refractivity contribution >= 4 is 51.4 Å². The van der Waals surface area contributed by atoms with Gasteiger partial charge >= 0.3 is 0 Å². The van der Waals surface area contributed by atoms with Crippen LogP contribution in [0.4, 0.5) is 10.5 Å². The first-order valence-corrected chi connectivity index (χ1v) is 9.36. The van der Waals surface area contributed by atoms with E-state index in [2.05, 4.69) is 10.3 Å². The van der Waals surface area contributed by atoms with Gasteiger partial charge in [-0.1, -0.05) is 42.5 Å². The second-order valence-corrected chi connectivity index (χ2v) is 7.12. The van der Waals surface area contributed by atoms with Gasteiger partial charge in [0.2, 0.25) is 5.91 Å². The summed E-state index contributed by atoms with van der Waals surface area (Å²) in [6.45, 7) is -0.335. The summed E-state index contributed by atoms with van der Waals surface area (Å²) >= 11 is 0.818. The van der Waals surface area contributed by atoms with E-state index in [0.29, 0.717) is 11.3 Å². The van der Waals surface area contributed by atoms with Crippen LogP contribution in [0.1, 0.15) is 5.56 Å². The number of amides is 3. The average molecular weight is 389 g/mol. The third-order valence-corrected chi connectivity index (χ3v) is 5.13. The summed E-state index contributed by atoms with van der Waals surface area (Å²) in [6, 6.07) is 16.8. The van der Waals surface area contributed by atoms with Crippen molar-refractivity contribution in [2.75, 3.05) is 11.9 Å². The van der Waals surface area contributed by atoms with E-state index in [1.54, 1.807) is 36.7 Å². The number of pyridine rings is 1. The lowest BCUT2D eigenvalue weighted by Crippen LogP contribution is -2.36. The number of fused-ring (bicyclic) bond motifs is 1. The Balaban J connectivity index is 1.49. The molecule has 0 bridgehead atoms. The van der Waals surface area contributed by atoms with E-state index >= 15 is 0 Å². The first-order chi connectivity index (χ1) is 13.6. The molecule has 0 atom stereocenters. The molecule has 0 radical (unpaired) electrons. The van der Waals surface area contributed by atoms with E-state index < -0.39 is 17.1 Å². The molecule has 0 spiro atoms. The van der Waals surface area contributed by atoms with E-state index in [0.717, 1.165) is 27.4 Å². The van der Waals surface area contributed by atoms with E-state index in [4.69, 9.17) is 0 Å². The fourth-order valence-corrected chi connectivity index (χ4v) is 3.76. The van der Waals surface area contributed by atoms with Crippen molar-refractivity contribution in [3.8, 4) is 0 Å². The first kappa shape index (κ1) is 17.9. The van der Waals surface area contributed by atoms with Crippen LogP contribution in [0.2, 0.25) is 0 Å². The molecule has 0 aliphatic carbocycles. The van der Waals surface area contributed by atoms with Crippen molar-refractivity contribution in [1.82, 2.24) is 9.88 Å². The topological polar surface area (TPSA) is 79.4 Å². The summed E-state index contributed by atoms with van der Waals surface area (Å²) < 4.78 is 0. The van der Waals surface area contributed by atoms with Gasteiger partial charge in [0.05, 0.1) is 4.91 Å². The summed E-state index contributed by atoms with van der Waals surface area (Å²) in [7, 11) is 0. The lowest BCUT2D eigenvalue weighted by Gasteiger charge is -2.13. The molecule has 28 heavy (non-hydrogen) atoms. The van der Waals surface area contributed by atoms with Crippen LogP contribution in [0, 0.1) is 0 Å². The molecule has 2 aromatic carbocycles. The fraction of sp³-hybridized carbons (Fsp3) is 0.0476. The number of aromatic nitrogens is 1. The van der Waals surface area contributed by atoms with Crippen LogP contribution in [0.25, 0.3) is 16.8 Å². The molecule has 0 unspecified atom stereocenters. The number of hydrogen-bond donors (Lipinski definition) is 1. The highest BCUT2D eigenvalue weighted by Crippen LogP contribution is 2.32. The highest BCUT2D eigenvalue weighted by Gasteiger charge is 2.36. The van der Waals surface area contributed by atoms with Gasteiger partial charge in [-0.15, -0.1) is 0 Å². The van der Waals surface area contributed by atoms with Crippen molar-refractivity contribution in [3.63, 3.8) is 0 Å². The quantitative estimate of drug-likeness (QED) is 0.685. The van der Waals surface area contributed by atoms with E-state index in [1.165, 1.54) is 0 Å². The van der Waals surface area contributed by atoms with Gasteiger partial charge in [0.1, 0.15) is 6.54 Å². The highest BCUT2D eigenvalue weighted by molar-refractivity contribution is 8.18.